The van der Waals surface area contributed by atoms with Gasteiger partial charge in [-0.3, -0.25) is 9.59 Å². The van der Waals surface area contributed by atoms with E-state index in [1.54, 1.807) is 12.0 Å². The minimum atomic E-state index is -0.463. The number of nitrogens with zero attached hydrogens (tertiary/aromatic N) is 1. The van der Waals surface area contributed by atoms with Crippen LogP contribution in [0.1, 0.15) is 48.0 Å². The highest BCUT2D eigenvalue weighted by Gasteiger charge is 2.48. The summed E-state index contributed by atoms with van der Waals surface area (Å²) < 4.78 is 5.20. The lowest BCUT2D eigenvalue weighted by Crippen LogP contribution is -2.70. The van der Waals surface area contributed by atoms with Gasteiger partial charge in [-0.2, -0.15) is 0 Å². The van der Waals surface area contributed by atoms with E-state index in [9.17, 15) is 9.59 Å². The molecule has 1 saturated heterocycles. The quantitative estimate of drug-likeness (QED) is 0.842. The van der Waals surface area contributed by atoms with Crippen molar-refractivity contribution in [3.8, 4) is 0 Å². The number of rotatable bonds is 5. The summed E-state index contributed by atoms with van der Waals surface area (Å²) in [7, 11) is 1.61. The van der Waals surface area contributed by atoms with Crippen LogP contribution in [-0.4, -0.2) is 48.6 Å². The topological polar surface area (TPSA) is 58.6 Å². The Balaban J connectivity index is 3.17. The first-order valence-electron chi connectivity index (χ1n) is 7.76. The van der Waals surface area contributed by atoms with Gasteiger partial charge in [-0.15, -0.1) is 0 Å². The lowest BCUT2D eigenvalue weighted by Gasteiger charge is -2.48. The predicted octanol–water partition coefficient (Wildman–Crippen LogP) is 1.81. The van der Waals surface area contributed by atoms with Crippen molar-refractivity contribution in [2.45, 2.75) is 66.1 Å². The average Bonchev–Trinajstić information content (AvgIpc) is 2.38. The average molecular weight is 298 g/mol. The monoisotopic (exact) mass is 298 g/mol. The van der Waals surface area contributed by atoms with E-state index in [1.165, 1.54) is 0 Å². The van der Waals surface area contributed by atoms with Crippen molar-refractivity contribution >= 4 is 11.8 Å². The summed E-state index contributed by atoms with van der Waals surface area (Å²) in [5.74, 6) is 0.0726. The molecular weight excluding hydrogens is 268 g/mol. The van der Waals surface area contributed by atoms with Crippen molar-refractivity contribution in [1.29, 1.82) is 0 Å². The van der Waals surface area contributed by atoms with Crippen LogP contribution in [0.25, 0.3) is 0 Å². The van der Waals surface area contributed by atoms with E-state index in [0.717, 1.165) is 6.42 Å². The van der Waals surface area contributed by atoms with Crippen LogP contribution < -0.4 is 5.32 Å². The van der Waals surface area contributed by atoms with E-state index in [4.69, 9.17) is 4.74 Å². The zero-order chi connectivity index (χ0) is 16.4. The van der Waals surface area contributed by atoms with Gasteiger partial charge in [0.1, 0.15) is 12.1 Å². The molecule has 1 fully saturated rings. The van der Waals surface area contributed by atoms with E-state index >= 15 is 0 Å². The molecule has 0 aromatic rings. The molecule has 4 unspecified atom stereocenters. The van der Waals surface area contributed by atoms with Gasteiger partial charge in [0.05, 0.1) is 12.6 Å². The molecule has 0 radical (unpaired) electrons. The Morgan fingerprint density at radius 1 is 1.29 bits per heavy atom. The van der Waals surface area contributed by atoms with E-state index in [0.29, 0.717) is 6.61 Å². The summed E-state index contributed by atoms with van der Waals surface area (Å²) >= 11 is 0. The zero-order valence-corrected chi connectivity index (χ0v) is 14.4. The number of nitrogens with one attached hydrogen (secondary N) is 1. The molecule has 1 rings (SSSR count). The third-order valence-corrected chi connectivity index (χ3v) is 4.26. The van der Waals surface area contributed by atoms with Crippen LogP contribution in [-0.2, 0) is 14.3 Å². The van der Waals surface area contributed by atoms with Crippen LogP contribution in [0.15, 0.2) is 0 Å². The lowest BCUT2D eigenvalue weighted by molar-refractivity contribution is -0.159. The van der Waals surface area contributed by atoms with Gasteiger partial charge in [-0.1, -0.05) is 41.0 Å². The summed E-state index contributed by atoms with van der Waals surface area (Å²) in [4.78, 5) is 27.2. The molecule has 0 saturated carbocycles. The molecule has 0 bridgehead atoms. The smallest absolute Gasteiger partial charge is 0.246 e. The predicted molar refractivity (Wildman–Crippen MR) is 82.8 cm³/mol. The molecule has 5 nitrogen and oxygen atoms in total. The van der Waals surface area contributed by atoms with Gasteiger partial charge < -0.3 is 15.0 Å². The zero-order valence-electron chi connectivity index (χ0n) is 14.4. The summed E-state index contributed by atoms with van der Waals surface area (Å²) in [6.07, 6.45) is 0.851. The van der Waals surface area contributed by atoms with Crippen molar-refractivity contribution in [1.82, 2.24) is 10.2 Å². The fourth-order valence-corrected chi connectivity index (χ4v) is 2.93. The molecule has 1 aliphatic heterocycles. The Kier molecular flexibility index (Phi) is 5.79. The molecule has 0 aromatic carbocycles. The maximum Gasteiger partial charge on any atom is 0.246 e. The van der Waals surface area contributed by atoms with Gasteiger partial charge in [-0.05, 0) is 18.3 Å². The summed E-state index contributed by atoms with van der Waals surface area (Å²) in [6.45, 7) is 12.4. The van der Waals surface area contributed by atoms with Crippen molar-refractivity contribution in [3.63, 3.8) is 0 Å². The number of carbonyl (C=O) groups is 2. The molecule has 4 atom stereocenters. The molecular formula is C16H30N2O3. The van der Waals surface area contributed by atoms with Crippen LogP contribution in [0.5, 0.6) is 0 Å². The second kappa shape index (κ2) is 6.77. The van der Waals surface area contributed by atoms with Crippen molar-refractivity contribution in [2.24, 2.45) is 11.3 Å². The summed E-state index contributed by atoms with van der Waals surface area (Å²) in [5, 5.41) is 2.93. The standard InChI is InChI=1S/C16H30N2O3/c1-8-10(2)12-15(20)18(11(3)9-21-7)13(14(19)17-12)16(4,5)6/h10-13H,8-9H2,1-7H3,(H,17,19). The molecule has 0 aromatic heterocycles. The van der Waals surface area contributed by atoms with Crippen molar-refractivity contribution in [2.75, 3.05) is 13.7 Å². The van der Waals surface area contributed by atoms with E-state index < -0.39 is 12.1 Å². The first-order chi connectivity index (χ1) is 9.65. The normalized spacial score (nSPS) is 26.5. The lowest BCUT2D eigenvalue weighted by atomic mass is 9.81. The van der Waals surface area contributed by atoms with Gasteiger partial charge >= 0.3 is 0 Å². The number of methoxy groups -OCH3 is 1. The molecule has 122 valence electrons. The van der Waals surface area contributed by atoms with Crippen LogP contribution in [0.4, 0.5) is 0 Å². The number of carbonyl (C=O) groups excluding carboxylic acids is 2. The number of amides is 2. The molecule has 2 amide bonds. The number of piperazine rings is 1. The van der Waals surface area contributed by atoms with Crippen molar-refractivity contribution < 1.29 is 14.3 Å². The minimum absolute atomic E-state index is 0.00780. The fraction of sp³-hybridized carbons (Fsp3) is 0.875. The third kappa shape index (κ3) is 3.76. The van der Waals surface area contributed by atoms with Crippen LogP contribution >= 0.6 is 0 Å². The highest BCUT2D eigenvalue weighted by molar-refractivity contribution is 5.97. The SMILES string of the molecule is CCC(C)C1NC(=O)C(C(C)(C)C)N(C(C)COC)C1=O. The fourth-order valence-electron chi connectivity index (χ4n) is 2.93. The number of ether oxygens (including phenoxy) is 1. The third-order valence-electron chi connectivity index (χ3n) is 4.26. The van der Waals surface area contributed by atoms with E-state index in [2.05, 4.69) is 5.32 Å². The number of hydrogen-bond donors (Lipinski definition) is 1. The Hall–Kier alpha value is -1.10. The molecule has 1 heterocycles. The Morgan fingerprint density at radius 3 is 2.29 bits per heavy atom. The van der Waals surface area contributed by atoms with E-state index in [1.807, 2.05) is 41.5 Å². The van der Waals surface area contributed by atoms with Gasteiger partial charge in [-0.25, -0.2) is 0 Å². The van der Waals surface area contributed by atoms with Gasteiger partial charge in [0.25, 0.3) is 0 Å². The van der Waals surface area contributed by atoms with Crippen LogP contribution in [0, 0.1) is 11.3 Å². The number of hydrogen-bond acceptors (Lipinski definition) is 3. The van der Waals surface area contributed by atoms with Gasteiger partial charge in [0, 0.05) is 7.11 Å². The second-order valence-electron chi connectivity index (χ2n) is 7.19. The molecule has 21 heavy (non-hydrogen) atoms. The van der Waals surface area contributed by atoms with Crippen LogP contribution in [0.2, 0.25) is 0 Å². The molecule has 0 aliphatic carbocycles. The molecule has 1 aliphatic rings. The second-order valence-corrected chi connectivity index (χ2v) is 7.19. The Bertz CT molecular complexity index is 389. The van der Waals surface area contributed by atoms with Gasteiger partial charge in [0.15, 0.2) is 0 Å². The Labute approximate surface area is 128 Å². The van der Waals surface area contributed by atoms with E-state index in [-0.39, 0.29) is 29.2 Å². The Morgan fingerprint density at radius 2 is 1.86 bits per heavy atom. The van der Waals surface area contributed by atoms with Crippen molar-refractivity contribution in [3.05, 3.63) is 0 Å². The minimum Gasteiger partial charge on any atom is -0.383 e. The highest BCUT2D eigenvalue weighted by Crippen LogP contribution is 2.31. The molecule has 5 heteroatoms. The maximum atomic E-state index is 12.9. The highest BCUT2D eigenvalue weighted by atomic mass is 16.5. The first-order valence-corrected chi connectivity index (χ1v) is 7.76. The van der Waals surface area contributed by atoms with Crippen LogP contribution in [0.3, 0.4) is 0 Å². The van der Waals surface area contributed by atoms with Gasteiger partial charge in [0.2, 0.25) is 11.8 Å². The molecule has 0 spiro atoms. The largest absolute Gasteiger partial charge is 0.383 e. The summed E-state index contributed by atoms with van der Waals surface area (Å²) in [5.41, 5.74) is -0.317. The summed E-state index contributed by atoms with van der Waals surface area (Å²) in [6, 6.07) is -1.01. The first kappa shape index (κ1) is 18.0. The molecule has 1 N–H and O–H groups in total. The maximum absolute atomic E-state index is 12.9.